The summed E-state index contributed by atoms with van der Waals surface area (Å²) in [5.41, 5.74) is 1.29. The van der Waals surface area contributed by atoms with Gasteiger partial charge in [-0.15, -0.1) is 0 Å². The SMILES string of the molecule is O=C(NC1CCC1)Oc1cnn2ccc(N3CCC[C@@H]3c3cncc(F)c3)nc12. The number of nitrogens with zero attached hydrogens (tertiary/aromatic N) is 5. The third-order valence-electron chi connectivity index (χ3n) is 5.61. The van der Waals surface area contributed by atoms with E-state index in [1.165, 1.54) is 18.5 Å². The molecular weight excluding hydrogens is 375 g/mol. The number of hydrogen-bond acceptors (Lipinski definition) is 6. The standard InChI is InChI=1S/C20H21FN6O2/c21-14-9-13(10-22-11-14)16-5-2-7-26(16)18-6-8-27-19(25-18)17(12-23-27)29-20(28)24-15-3-1-4-15/h6,8-12,15-16H,1-5,7H2,(H,24,28)/t16-/m1/s1. The van der Waals surface area contributed by atoms with Gasteiger partial charge in [0, 0.05) is 25.0 Å². The minimum absolute atomic E-state index is 0.00218. The van der Waals surface area contributed by atoms with Crippen molar-refractivity contribution in [3.05, 3.63) is 48.3 Å². The van der Waals surface area contributed by atoms with Crippen molar-refractivity contribution in [1.82, 2.24) is 24.9 Å². The van der Waals surface area contributed by atoms with Crippen molar-refractivity contribution in [3.8, 4) is 5.75 Å². The third-order valence-corrected chi connectivity index (χ3v) is 5.61. The number of amides is 1. The van der Waals surface area contributed by atoms with Crippen LogP contribution in [0.15, 0.2) is 36.9 Å². The Bertz CT molecular complexity index is 1050. The Morgan fingerprint density at radius 1 is 1.21 bits per heavy atom. The molecule has 1 saturated carbocycles. The lowest BCUT2D eigenvalue weighted by Crippen LogP contribution is -2.41. The molecule has 1 amide bonds. The number of rotatable bonds is 4. The lowest BCUT2D eigenvalue weighted by Gasteiger charge is -2.26. The van der Waals surface area contributed by atoms with Crippen LogP contribution >= 0.6 is 0 Å². The molecule has 150 valence electrons. The second kappa shape index (κ2) is 7.31. The van der Waals surface area contributed by atoms with Crippen LogP contribution in [0.2, 0.25) is 0 Å². The number of ether oxygens (including phenoxy) is 1. The molecule has 1 aliphatic carbocycles. The van der Waals surface area contributed by atoms with Crippen LogP contribution in [0.4, 0.5) is 15.0 Å². The van der Waals surface area contributed by atoms with E-state index in [2.05, 4.69) is 25.3 Å². The number of carbonyl (C=O) groups excluding carboxylic acids is 1. The van der Waals surface area contributed by atoms with Crippen molar-refractivity contribution < 1.29 is 13.9 Å². The summed E-state index contributed by atoms with van der Waals surface area (Å²) in [5.74, 6) is 0.697. The maximum absolute atomic E-state index is 13.6. The fourth-order valence-electron chi connectivity index (χ4n) is 3.92. The molecule has 1 aliphatic heterocycles. The number of hydrogen-bond donors (Lipinski definition) is 1. The Morgan fingerprint density at radius 3 is 2.90 bits per heavy atom. The van der Waals surface area contributed by atoms with E-state index in [9.17, 15) is 9.18 Å². The van der Waals surface area contributed by atoms with Gasteiger partial charge in [-0.3, -0.25) is 4.98 Å². The Labute approximate surface area is 166 Å². The van der Waals surface area contributed by atoms with Crippen LogP contribution in [-0.2, 0) is 0 Å². The summed E-state index contributed by atoms with van der Waals surface area (Å²) >= 11 is 0. The van der Waals surface area contributed by atoms with Gasteiger partial charge in [0.2, 0.25) is 5.65 Å². The first-order valence-electron chi connectivity index (χ1n) is 9.87. The van der Waals surface area contributed by atoms with Gasteiger partial charge in [0.15, 0.2) is 5.75 Å². The summed E-state index contributed by atoms with van der Waals surface area (Å²) in [5, 5.41) is 7.06. The third kappa shape index (κ3) is 3.48. The zero-order valence-electron chi connectivity index (χ0n) is 15.8. The highest BCUT2D eigenvalue weighted by molar-refractivity contribution is 5.73. The molecule has 0 aromatic carbocycles. The monoisotopic (exact) mass is 396 g/mol. The van der Waals surface area contributed by atoms with Crippen molar-refractivity contribution in [2.45, 2.75) is 44.2 Å². The molecule has 3 aromatic heterocycles. The molecule has 3 aromatic rings. The van der Waals surface area contributed by atoms with Gasteiger partial charge < -0.3 is 15.0 Å². The molecule has 0 spiro atoms. The van der Waals surface area contributed by atoms with Crippen LogP contribution in [0.5, 0.6) is 5.75 Å². The molecule has 4 heterocycles. The van der Waals surface area contributed by atoms with Gasteiger partial charge in [0.25, 0.3) is 0 Å². The van der Waals surface area contributed by atoms with E-state index in [-0.39, 0.29) is 17.9 Å². The number of nitrogens with one attached hydrogen (secondary N) is 1. The average Bonchev–Trinajstić information content (AvgIpc) is 3.32. The Balaban J connectivity index is 1.40. The molecule has 2 fully saturated rings. The minimum Gasteiger partial charge on any atom is -0.405 e. The first-order valence-corrected chi connectivity index (χ1v) is 9.87. The zero-order chi connectivity index (χ0) is 19.8. The van der Waals surface area contributed by atoms with Crippen molar-refractivity contribution in [3.63, 3.8) is 0 Å². The highest BCUT2D eigenvalue weighted by Crippen LogP contribution is 2.35. The minimum atomic E-state index is -0.485. The lowest BCUT2D eigenvalue weighted by atomic mass is 9.93. The molecule has 0 radical (unpaired) electrons. The van der Waals surface area contributed by atoms with Gasteiger partial charge in [0.1, 0.15) is 11.6 Å². The molecule has 29 heavy (non-hydrogen) atoms. The number of anilines is 1. The van der Waals surface area contributed by atoms with Gasteiger partial charge in [0.05, 0.1) is 18.4 Å². The summed E-state index contributed by atoms with van der Waals surface area (Å²) in [6, 6.07) is 3.58. The van der Waals surface area contributed by atoms with Crippen LogP contribution < -0.4 is 15.0 Å². The quantitative estimate of drug-likeness (QED) is 0.729. The molecule has 1 saturated heterocycles. The summed E-state index contributed by atoms with van der Waals surface area (Å²) in [6.45, 7) is 0.802. The normalized spacial score (nSPS) is 19.3. The van der Waals surface area contributed by atoms with Gasteiger partial charge in [-0.25, -0.2) is 18.7 Å². The van der Waals surface area contributed by atoms with Crippen LogP contribution in [0, 0.1) is 5.82 Å². The molecule has 5 rings (SSSR count). The van der Waals surface area contributed by atoms with E-state index < -0.39 is 6.09 Å². The molecule has 2 aliphatic rings. The van der Waals surface area contributed by atoms with Crippen LogP contribution in [0.1, 0.15) is 43.7 Å². The molecule has 0 bridgehead atoms. The smallest absolute Gasteiger partial charge is 0.405 e. The van der Waals surface area contributed by atoms with Crippen molar-refractivity contribution in [1.29, 1.82) is 0 Å². The first kappa shape index (κ1) is 17.8. The summed E-state index contributed by atoms with van der Waals surface area (Å²) in [4.78, 5) is 22.9. The fraction of sp³-hybridized carbons (Fsp3) is 0.400. The van der Waals surface area contributed by atoms with E-state index in [1.54, 1.807) is 16.9 Å². The molecular formula is C20H21FN6O2. The van der Waals surface area contributed by atoms with Gasteiger partial charge in [-0.05, 0) is 49.8 Å². The van der Waals surface area contributed by atoms with Crippen LogP contribution in [0.25, 0.3) is 5.65 Å². The molecule has 9 heteroatoms. The summed E-state index contributed by atoms with van der Waals surface area (Å²) in [6.07, 6.45) is 10.7. The highest BCUT2D eigenvalue weighted by atomic mass is 19.1. The van der Waals surface area contributed by atoms with Crippen molar-refractivity contribution in [2.75, 3.05) is 11.4 Å². The van der Waals surface area contributed by atoms with E-state index in [4.69, 9.17) is 4.74 Å². The van der Waals surface area contributed by atoms with Crippen LogP contribution in [0.3, 0.4) is 0 Å². The van der Waals surface area contributed by atoms with E-state index in [1.807, 2.05) is 6.07 Å². The van der Waals surface area contributed by atoms with Gasteiger partial charge in [-0.1, -0.05) is 0 Å². The molecule has 8 nitrogen and oxygen atoms in total. The molecule has 0 unspecified atom stereocenters. The Hall–Kier alpha value is -3.23. The Kier molecular flexibility index (Phi) is 4.49. The van der Waals surface area contributed by atoms with Crippen molar-refractivity contribution >= 4 is 17.6 Å². The number of fused-ring (bicyclic) bond motifs is 1. The van der Waals surface area contributed by atoms with Crippen molar-refractivity contribution in [2.24, 2.45) is 0 Å². The van der Waals surface area contributed by atoms with E-state index >= 15 is 0 Å². The Morgan fingerprint density at radius 2 is 2.10 bits per heavy atom. The second-order valence-corrected chi connectivity index (χ2v) is 7.51. The maximum Gasteiger partial charge on any atom is 0.413 e. The van der Waals surface area contributed by atoms with Gasteiger partial charge in [-0.2, -0.15) is 5.10 Å². The molecule has 1 N–H and O–H groups in total. The van der Waals surface area contributed by atoms with Crippen LogP contribution in [-0.4, -0.2) is 38.3 Å². The number of carbonyl (C=O) groups is 1. The molecule has 1 atom stereocenters. The largest absolute Gasteiger partial charge is 0.413 e. The summed E-state index contributed by atoms with van der Waals surface area (Å²) < 4.78 is 20.7. The maximum atomic E-state index is 13.6. The number of pyridine rings is 1. The van der Waals surface area contributed by atoms with E-state index in [0.29, 0.717) is 11.4 Å². The first-order chi connectivity index (χ1) is 14.2. The summed E-state index contributed by atoms with van der Waals surface area (Å²) in [7, 11) is 0. The van der Waals surface area contributed by atoms with Gasteiger partial charge >= 0.3 is 6.09 Å². The zero-order valence-corrected chi connectivity index (χ0v) is 15.8. The van der Waals surface area contributed by atoms with E-state index in [0.717, 1.165) is 50.0 Å². The average molecular weight is 396 g/mol. The second-order valence-electron chi connectivity index (χ2n) is 7.51. The predicted molar refractivity (Wildman–Crippen MR) is 103 cm³/mol. The topological polar surface area (TPSA) is 84.6 Å². The number of aromatic nitrogens is 4. The predicted octanol–water partition coefficient (Wildman–Crippen LogP) is 3.25. The lowest BCUT2D eigenvalue weighted by molar-refractivity contribution is 0.188. The number of halogens is 1. The highest BCUT2D eigenvalue weighted by Gasteiger charge is 2.28. The fourth-order valence-corrected chi connectivity index (χ4v) is 3.92.